The Morgan fingerprint density at radius 2 is 2.40 bits per heavy atom. The highest BCUT2D eigenvalue weighted by Crippen LogP contribution is 2.20. The Labute approximate surface area is 92.1 Å². The molecule has 0 amide bonds. The van der Waals surface area contributed by atoms with Crippen molar-refractivity contribution < 1.29 is 4.74 Å². The van der Waals surface area contributed by atoms with E-state index >= 15 is 0 Å². The van der Waals surface area contributed by atoms with E-state index in [1.165, 1.54) is 6.42 Å². The summed E-state index contributed by atoms with van der Waals surface area (Å²) in [4.78, 5) is 0. The van der Waals surface area contributed by atoms with Crippen molar-refractivity contribution in [3.63, 3.8) is 0 Å². The van der Waals surface area contributed by atoms with E-state index in [9.17, 15) is 0 Å². The zero-order valence-electron chi connectivity index (χ0n) is 9.48. The van der Waals surface area contributed by atoms with E-state index in [-0.39, 0.29) is 6.23 Å². The fourth-order valence-corrected chi connectivity index (χ4v) is 1.61. The lowest BCUT2D eigenvalue weighted by atomic mass is 10.2. The molecule has 1 saturated heterocycles. The lowest BCUT2D eigenvalue weighted by molar-refractivity contribution is -0.0682. The lowest BCUT2D eigenvalue weighted by Gasteiger charge is -2.31. The molecule has 0 saturated carbocycles. The van der Waals surface area contributed by atoms with Gasteiger partial charge in [-0.25, -0.2) is 5.01 Å². The van der Waals surface area contributed by atoms with Crippen LogP contribution in [0.15, 0.2) is 29.5 Å². The molecule has 0 N–H and O–H groups in total. The van der Waals surface area contributed by atoms with Gasteiger partial charge in [-0.05, 0) is 31.8 Å². The fraction of sp³-hybridized carbons (Fsp3) is 0.583. The summed E-state index contributed by atoms with van der Waals surface area (Å²) in [6, 6.07) is 0. The molecule has 1 fully saturated rings. The van der Waals surface area contributed by atoms with Crippen LogP contribution in [-0.4, -0.2) is 24.6 Å². The van der Waals surface area contributed by atoms with Crippen molar-refractivity contribution in [3.05, 3.63) is 24.4 Å². The third kappa shape index (κ3) is 3.51. The molecule has 84 valence electrons. The van der Waals surface area contributed by atoms with E-state index in [4.69, 9.17) is 4.74 Å². The van der Waals surface area contributed by atoms with Gasteiger partial charge >= 0.3 is 0 Å². The molecule has 0 aromatic carbocycles. The highest BCUT2D eigenvalue weighted by Gasteiger charge is 2.20. The minimum atomic E-state index is 0.0188. The minimum absolute atomic E-state index is 0.0188. The summed E-state index contributed by atoms with van der Waals surface area (Å²) in [6.45, 7) is 10.4. The summed E-state index contributed by atoms with van der Waals surface area (Å²) in [5.74, 6) is 0. The van der Waals surface area contributed by atoms with Gasteiger partial charge in [-0.2, -0.15) is 5.10 Å². The molecule has 15 heavy (non-hydrogen) atoms. The van der Waals surface area contributed by atoms with Gasteiger partial charge in [0.1, 0.15) is 0 Å². The van der Waals surface area contributed by atoms with E-state index in [0.29, 0.717) is 0 Å². The first-order valence-corrected chi connectivity index (χ1v) is 5.52. The first-order valence-electron chi connectivity index (χ1n) is 5.52. The van der Waals surface area contributed by atoms with Gasteiger partial charge in [0, 0.05) is 13.3 Å². The highest BCUT2D eigenvalue weighted by atomic mass is 16.5. The van der Waals surface area contributed by atoms with Crippen LogP contribution < -0.4 is 0 Å². The molecular weight excluding hydrogens is 188 g/mol. The van der Waals surface area contributed by atoms with Crippen molar-refractivity contribution in [1.82, 2.24) is 5.01 Å². The van der Waals surface area contributed by atoms with E-state index < -0.39 is 0 Å². The van der Waals surface area contributed by atoms with Gasteiger partial charge in [-0.15, -0.1) is 0 Å². The molecule has 3 nitrogen and oxygen atoms in total. The predicted octanol–water partition coefficient (Wildman–Crippen LogP) is 2.91. The Bertz CT molecular complexity index is 242. The fourth-order valence-electron chi connectivity index (χ4n) is 1.61. The summed E-state index contributed by atoms with van der Waals surface area (Å²) in [6.07, 6.45) is 8.36. The maximum Gasteiger partial charge on any atom is 0.150 e. The van der Waals surface area contributed by atoms with Crippen molar-refractivity contribution in [1.29, 1.82) is 0 Å². The van der Waals surface area contributed by atoms with Crippen LogP contribution in [0, 0.1) is 0 Å². The van der Waals surface area contributed by atoms with E-state index in [1.54, 1.807) is 5.01 Å². The highest BCUT2D eigenvalue weighted by molar-refractivity contribution is 5.25. The van der Waals surface area contributed by atoms with Gasteiger partial charge < -0.3 is 4.74 Å². The number of allylic oxidation sites excluding steroid dienone is 2. The van der Waals surface area contributed by atoms with Gasteiger partial charge in [0.25, 0.3) is 0 Å². The molecule has 0 aromatic heterocycles. The molecule has 1 heterocycles. The number of nitrogens with zero attached hydrogens (tertiary/aromatic N) is 2. The smallest absolute Gasteiger partial charge is 0.150 e. The van der Waals surface area contributed by atoms with Gasteiger partial charge in [-0.3, -0.25) is 0 Å². The molecule has 1 atom stereocenters. The Hall–Kier alpha value is -1.09. The molecule has 1 aliphatic heterocycles. The Morgan fingerprint density at radius 3 is 2.93 bits per heavy atom. The monoisotopic (exact) mass is 208 g/mol. The number of hydrazone groups is 1. The van der Waals surface area contributed by atoms with Gasteiger partial charge in [-0.1, -0.05) is 19.6 Å². The Balaban J connectivity index is 2.56. The predicted molar refractivity (Wildman–Crippen MR) is 63.6 cm³/mol. The van der Waals surface area contributed by atoms with Crippen molar-refractivity contribution in [2.75, 3.05) is 6.61 Å². The summed E-state index contributed by atoms with van der Waals surface area (Å²) in [7, 11) is 0. The maximum atomic E-state index is 5.63. The lowest BCUT2D eigenvalue weighted by Crippen LogP contribution is -2.34. The quantitative estimate of drug-likeness (QED) is 0.394. The average molecular weight is 208 g/mol. The molecule has 0 aromatic rings. The minimum Gasteiger partial charge on any atom is -0.356 e. The Morgan fingerprint density at radius 1 is 1.60 bits per heavy atom. The van der Waals surface area contributed by atoms with Gasteiger partial charge in [0.15, 0.2) is 6.23 Å². The summed E-state index contributed by atoms with van der Waals surface area (Å²) >= 11 is 0. The van der Waals surface area contributed by atoms with Crippen molar-refractivity contribution in [2.24, 2.45) is 5.10 Å². The largest absolute Gasteiger partial charge is 0.356 e. The maximum absolute atomic E-state index is 5.63. The zero-order chi connectivity index (χ0) is 11.1. The van der Waals surface area contributed by atoms with Crippen LogP contribution in [0.25, 0.3) is 0 Å². The normalized spacial score (nSPS) is 21.5. The third-order valence-electron chi connectivity index (χ3n) is 2.42. The molecular formula is C12H20N2O. The SMILES string of the molecule is C=NN(C(=C)/C=C\CC)C1CCCCO1. The van der Waals surface area contributed by atoms with Gasteiger partial charge in [0.2, 0.25) is 0 Å². The molecule has 0 radical (unpaired) electrons. The molecule has 3 heteroatoms. The van der Waals surface area contributed by atoms with Crippen molar-refractivity contribution in [3.8, 4) is 0 Å². The van der Waals surface area contributed by atoms with Crippen molar-refractivity contribution >= 4 is 6.72 Å². The number of ether oxygens (including phenoxy) is 1. The second-order valence-electron chi connectivity index (χ2n) is 3.61. The van der Waals surface area contributed by atoms with Crippen LogP contribution in [0.1, 0.15) is 32.6 Å². The number of hydrogen-bond donors (Lipinski definition) is 0. The second-order valence-corrected chi connectivity index (χ2v) is 3.61. The first kappa shape index (κ1) is 12.0. The Kier molecular flexibility index (Phi) is 5.12. The molecule has 1 unspecified atom stereocenters. The van der Waals surface area contributed by atoms with Crippen LogP contribution >= 0.6 is 0 Å². The standard InChI is InChI=1S/C12H20N2O/c1-4-5-8-11(2)14(13-3)12-9-6-7-10-15-12/h5,8,12H,2-4,6-7,9-10H2,1H3/b8-5-. The molecule has 0 bridgehead atoms. The van der Waals surface area contributed by atoms with Crippen LogP contribution in [0.3, 0.4) is 0 Å². The summed E-state index contributed by atoms with van der Waals surface area (Å²) in [5, 5.41) is 5.74. The van der Waals surface area contributed by atoms with E-state index in [1.807, 2.05) is 6.08 Å². The van der Waals surface area contributed by atoms with Crippen molar-refractivity contribution in [2.45, 2.75) is 38.8 Å². The van der Waals surface area contributed by atoms with Gasteiger partial charge in [0.05, 0.1) is 5.70 Å². The van der Waals surface area contributed by atoms with E-state index in [2.05, 4.69) is 31.4 Å². The topological polar surface area (TPSA) is 24.8 Å². The van der Waals surface area contributed by atoms with Crippen LogP contribution in [0.4, 0.5) is 0 Å². The summed E-state index contributed by atoms with van der Waals surface area (Å²) < 4.78 is 5.63. The molecule has 0 aliphatic carbocycles. The second kappa shape index (κ2) is 6.40. The van der Waals surface area contributed by atoms with E-state index in [0.717, 1.165) is 31.6 Å². The third-order valence-corrected chi connectivity index (χ3v) is 2.42. The average Bonchev–Trinajstić information content (AvgIpc) is 2.29. The zero-order valence-corrected chi connectivity index (χ0v) is 9.48. The number of rotatable bonds is 5. The van der Waals surface area contributed by atoms with Crippen LogP contribution in [0.5, 0.6) is 0 Å². The molecule has 1 aliphatic rings. The first-order chi connectivity index (χ1) is 7.29. The summed E-state index contributed by atoms with van der Waals surface area (Å²) in [5.41, 5.74) is 0.846. The van der Waals surface area contributed by atoms with Crippen LogP contribution in [-0.2, 0) is 4.74 Å². The van der Waals surface area contributed by atoms with Crippen LogP contribution in [0.2, 0.25) is 0 Å². The molecule has 1 rings (SSSR count). The number of hydrogen-bond acceptors (Lipinski definition) is 3. The molecule has 0 spiro atoms.